The summed E-state index contributed by atoms with van der Waals surface area (Å²) in [5.41, 5.74) is 0. The van der Waals surface area contributed by atoms with E-state index in [0.29, 0.717) is 10.8 Å². The molecule has 0 aromatic heterocycles. The Bertz CT molecular complexity index is 277. The van der Waals surface area contributed by atoms with E-state index < -0.39 is 0 Å². The highest BCUT2D eigenvalue weighted by Crippen LogP contribution is 2.28. The van der Waals surface area contributed by atoms with Gasteiger partial charge in [-0.2, -0.15) is 0 Å². The zero-order valence-electron chi connectivity index (χ0n) is 5.70. The molecule has 0 amide bonds. The maximum atomic E-state index is 12.6. The monoisotopic (exact) mass is 286 g/mol. The summed E-state index contributed by atoms with van der Waals surface area (Å²) in [5.74, 6) is 0.0860. The van der Waals surface area contributed by atoms with Gasteiger partial charge in [-0.25, -0.2) is 4.39 Å². The van der Waals surface area contributed by atoms with Gasteiger partial charge in [0.15, 0.2) is 0 Å². The van der Waals surface area contributed by atoms with Crippen molar-refractivity contribution in [3.63, 3.8) is 0 Å². The Morgan fingerprint density at radius 1 is 1.55 bits per heavy atom. The number of hydrogen-bond donors (Lipinski definition) is 0. The predicted molar refractivity (Wildman–Crippen MR) is 50.7 cm³/mol. The number of ether oxygens (including phenoxy) is 1. The van der Waals surface area contributed by atoms with E-state index in [1.54, 1.807) is 0 Å². The van der Waals surface area contributed by atoms with Gasteiger partial charge in [0.25, 0.3) is 0 Å². The van der Waals surface area contributed by atoms with Crippen LogP contribution in [-0.4, -0.2) is 7.11 Å². The van der Waals surface area contributed by atoms with Crippen LogP contribution in [0.15, 0.2) is 12.1 Å². The Hall–Kier alpha value is -0.0300. The van der Waals surface area contributed by atoms with E-state index in [1.165, 1.54) is 19.2 Å². The maximum absolute atomic E-state index is 12.6. The van der Waals surface area contributed by atoms with Gasteiger partial charge in [-0.15, -0.1) is 0 Å². The van der Waals surface area contributed by atoms with Crippen LogP contribution in [0.4, 0.5) is 4.39 Å². The molecule has 60 valence electrons. The average Bonchev–Trinajstić information content (AvgIpc) is 1.96. The van der Waals surface area contributed by atoms with Crippen molar-refractivity contribution in [2.24, 2.45) is 0 Å². The quantitative estimate of drug-likeness (QED) is 0.569. The summed E-state index contributed by atoms with van der Waals surface area (Å²) in [5, 5.41) is 0.377. The fourth-order valence-corrected chi connectivity index (χ4v) is 1.41. The van der Waals surface area contributed by atoms with Crippen LogP contribution < -0.4 is 4.74 Å². The number of benzene rings is 1. The highest BCUT2D eigenvalue weighted by atomic mass is 127. The summed E-state index contributed by atoms with van der Waals surface area (Å²) in [6.07, 6.45) is 0. The highest BCUT2D eigenvalue weighted by Gasteiger charge is 2.06. The Labute approximate surface area is 82.6 Å². The van der Waals surface area contributed by atoms with Crippen molar-refractivity contribution in [3.05, 3.63) is 26.5 Å². The number of hydrogen-bond acceptors (Lipinski definition) is 1. The third-order valence-electron chi connectivity index (χ3n) is 1.18. The molecule has 0 spiro atoms. The molecule has 4 heteroatoms. The van der Waals surface area contributed by atoms with E-state index in [2.05, 4.69) is 0 Å². The number of halogens is 3. The second-order valence-electron chi connectivity index (χ2n) is 1.90. The van der Waals surface area contributed by atoms with Crippen molar-refractivity contribution in [2.75, 3.05) is 7.11 Å². The second-order valence-corrected chi connectivity index (χ2v) is 3.39. The minimum Gasteiger partial charge on any atom is -0.495 e. The maximum Gasteiger partial charge on any atom is 0.136 e. The minimum atomic E-state index is -0.382. The van der Waals surface area contributed by atoms with Crippen LogP contribution in [0, 0.1) is 9.39 Å². The molecule has 1 aromatic rings. The SMILES string of the molecule is COc1cc(F)cc(Cl)c1I. The lowest BCUT2D eigenvalue weighted by Crippen LogP contribution is -1.88. The van der Waals surface area contributed by atoms with Crippen molar-refractivity contribution in [1.29, 1.82) is 0 Å². The van der Waals surface area contributed by atoms with Crippen molar-refractivity contribution in [2.45, 2.75) is 0 Å². The summed E-state index contributed by atoms with van der Waals surface area (Å²) in [7, 11) is 1.48. The summed E-state index contributed by atoms with van der Waals surface area (Å²) in [4.78, 5) is 0. The highest BCUT2D eigenvalue weighted by molar-refractivity contribution is 14.1. The lowest BCUT2D eigenvalue weighted by molar-refractivity contribution is 0.408. The van der Waals surface area contributed by atoms with Gasteiger partial charge in [0.05, 0.1) is 15.7 Å². The van der Waals surface area contributed by atoms with Gasteiger partial charge in [0.1, 0.15) is 11.6 Å². The first-order chi connectivity index (χ1) is 5.15. The van der Waals surface area contributed by atoms with Gasteiger partial charge in [-0.1, -0.05) is 11.6 Å². The van der Waals surface area contributed by atoms with Crippen LogP contribution in [0.1, 0.15) is 0 Å². The first kappa shape index (κ1) is 9.06. The fourth-order valence-electron chi connectivity index (χ4n) is 0.681. The molecule has 0 fully saturated rings. The van der Waals surface area contributed by atoms with Crippen molar-refractivity contribution >= 4 is 34.2 Å². The Morgan fingerprint density at radius 2 is 2.18 bits per heavy atom. The lowest BCUT2D eigenvalue weighted by Gasteiger charge is -2.03. The van der Waals surface area contributed by atoms with Crippen LogP contribution in [0.5, 0.6) is 5.75 Å². The van der Waals surface area contributed by atoms with Crippen LogP contribution in [-0.2, 0) is 0 Å². The molecule has 11 heavy (non-hydrogen) atoms. The van der Waals surface area contributed by atoms with Gasteiger partial charge in [-0.05, 0) is 28.7 Å². The van der Waals surface area contributed by atoms with E-state index in [0.717, 1.165) is 3.57 Å². The van der Waals surface area contributed by atoms with Gasteiger partial charge in [-0.3, -0.25) is 0 Å². The average molecular weight is 286 g/mol. The molecule has 0 radical (unpaired) electrons. The summed E-state index contributed by atoms with van der Waals surface area (Å²) >= 11 is 7.67. The molecule has 1 aromatic carbocycles. The molecule has 0 aliphatic heterocycles. The predicted octanol–water partition coefficient (Wildman–Crippen LogP) is 3.09. The first-order valence-electron chi connectivity index (χ1n) is 2.83. The smallest absolute Gasteiger partial charge is 0.136 e. The molecular formula is C7H5ClFIO. The van der Waals surface area contributed by atoms with Crippen molar-refractivity contribution in [1.82, 2.24) is 0 Å². The topological polar surface area (TPSA) is 9.23 Å². The molecule has 0 N–H and O–H groups in total. The van der Waals surface area contributed by atoms with E-state index in [9.17, 15) is 4.39 Å². The number of methoxy groups -OCH3 is 1. The van der Waals surface area contributed by atoms with E-state index >= 15 is 0 Å². The lowest BCUT2D eigenvalue weighted by atomic mass is 10.3. The molecule has 1 nitrogen and oxygen atoms in total. The summed E-state index contributed by atoms with van der Waals surface area (Å²) < 4.78 is 18.2. The molecule has 0 saturated carbocycles. The zero-order valence-corrected chi connectivity index (χ0v) is 8.61. The van der Waals surface area contributed by atoms with Gasteiger partial charge >= 0.3 is 0 Å². The van der Waals surface area contributed by atoms with E-state index in [4.69, 9.17) is 16.3 Å². The summed E-state index contributed by atoms with van der Waals surface area (Å²) in [6.45, 7) is 0. The minimum absolute atomic E-state index is 0.377. The van der Waals surface area contributed by atoms with Gasteiger partial charge in [0.2, 0.25) is 0 Å². The van der Waals surface area contributed by atoms with Crippen molar-refractivity contribution in [3.8, 4) is 5.75 Å². The Morgan fingerprint density at radius 3 is 2.73 bits per heavy atom. The molecular weight excluding hydrogens is 281 g/mol. The molecule has 0 unspecified atom stereocenters. The van der Waals surface area contributed by atoms with E-state index in [1.807, 2.05) is 22.6 Å². The Balaban J connectivity index is 3.24. The van der Waals surface area contributed by atoms with Crippen LogP contribution in [0.2, 0.25) is 5.02 Å². The van der Waals surface area contributed by atoms with Crippen LogP contribution >= 0.6 is 34.2 Å². The number of rotatable bonds is 1. The third-order valence-corrected chi connectivity index (χ3v) is 2.91. The molecule has 1 rings (SSSR count). The molecule has 0 aliphatic carbocycles. The van der Waals surface area contributed by atoms with Gasteiger partial charge < -0.3 is 4.74 Å². The van der Waals surface area contributed by atoms with Crippen LogP contribution in [0.3, 0.4) is 0 Å². The third kappa shape index (κ3) is 1.96. The van der Waals surface area contributed by atoms with Crippen molar-refractivity contribution < 1.29 is 9.13 Å². The fraction of sp³-hybridized carbons (Fsp3) is 0.143. The van der Waals surface area contributed by atoms with Crippen LogP contribution in [0.25, 0.3) is 0 Å². The normalized spacial score (nSPS) is 9.82. The first-order valence-corrected chi connectivity index (χ1v) is 4.29. The zero-order chi connectivity index (χ0) is 8.43. The molecule has 0 saturated heterocycles. The molecule has 0 atom stereocenters. The molecule has 0 bridgehead atoms. The molecule has 0 heterocycles. The van der Waals surface area contributed by atoms with Gasteiger partial charge in [0, 0.05) is 6.07 Å². The van der Waals surface area contributed by atoms with E-state index in [-0.39, 0.29) is 5.82 Å². The standard InChI is InChI=1S/C7H5ClFIO/c1-11-6-3-4(9)2-5(8)7(6)10/h2-3H,1H3. The largest absolute Gasteiger partial charge is 0.495 e. The Kier molecular flexibility index (Phi) is 2.95. The molecule has 0 aliphatic rings. The second kappa shape index (κ2) is 3.58. The summed E-state index contributed by atoms with van der Waals surface area (Å²) in [6, 6.07) is 2.56.